The van der Waals surface area contributed by atoms with E-state index in [4.69, 9.17) is 9.84 Å². The van der Waals surface area contributed by atoms with Crippen molar-refractivity contribution < 1.29 is 14.6 Å². The van der Waals surface area contributed by atoms with Gasteiger partial charge in [-0.15, -0.1) is 0 Å². The van der Waals surface area contributed by atoms with Crippen molar-refractivity contribution in [3.05, 3.63) is 23.9 Å². The number of rotatable bonds is 2. The van der Waals surface area contributed by atoms with E-state index < -0.39 is 5.97 Å². The summed E-state index contributed by atoms with van der Waals surface area (Å²) in [4.78, 5) is 16.8. The van der Waals surface area contributed by atoms with E-state index in [9.17, 15) is 4.79 Å². The summed E-state index contributed by atoms with van der Waals surface area (Å²) in [5.74, 6) is -0.289. The molecule has 1 N–H and O–H groups in total. The molecule has 0 aliphatic carbocycles. The van der Waals surface area contributed by atoms with Crippen molar-refractivity contribution in [1.29, 1.82) is 0 Å². The lowest BCUT2D eigenvalue weighted by Crippen LogP contribution is -2.36. The topological polar surface area (TPSA) is 62.7 Å². The van der Waals surface area contributed by atoms with E-state index in [0.29, 0.717) is 19.0 Å². The first-order chi connectivity index (χ1) is 7.27. The molecular formula is C10H12N2O3. The Kier molecular flexibility index (Phi) is 2.82. The largest absolute Gasteiger partial charge is 0.477 e. The Morgan fingerprint density at radius 2 is 2.13 bits per heavy atom. The third kappa shape index (κ3) is 2.24. The minimum atomic E-state index is -0.995. The van der Waals surface area contributed by atoms with Crippen LogP contribution in [0.4, 0.5) is 5.82 Å². The van der Waals surface area contributed by atoms with Crippen molar-refractivity contribution in [2.24, 2.45) is 0 Å². The summed E-state index contributed by atoms with van der Waals surface area (Å²) in [6, 6.07) is 5.02. The van der Waals surface area contributed by atoms with E-state index in [2.05, 4.69) is 4.98 Å². The first kappa shape index (κ1) is 9.92. The molecule has 2 rings (SSSR count). The zero-order chi connectivity index (χ0) is 10.7. The summed E-state index contributed by atoms with van der Waals surface area (Å²) < 4.78 is 5.21. The molecule has 0 aromatic carbocycles. The molecule has 1 fully saturated rings. The molecule has 2 heterocycles. The number of aromatic carboxylic acids is 1. The summed E-state index contributed by atoms with van der Waals surface area (Å²) in [6.45, 7) is 2.85. The highest BCUT2D eigenvalue weighted by molar-refractivity contribution is 5.85. The quantitative estimate of drug-likeness (QED) is 0.771. The second kappa shape index (κ2) is 4.27. The summed E-state index contributed by atoms with van der Waals surface area (Å²) in [5, 5.41) is 8.80. The predicted octanol–water partition coefficient (Wildman–Crippen LogP) is 0.616. The third-order valence-corrected chi connectivity index (χ3v) is 2.29. The first-order valence-corrected chi connectivity index (χ1v) is 4.80. The Labute approximate surface area is 87.3 Å². The second-order valence-electron chi connectivity index (χ2n) is 3.29. The van der Waals surface area contributed by atoms with Gasteiger partial charge in [-0.2, -0.15) is 0 Å². The van der Waals surface area contributed by atoms with Gasteiger partial charge in [-0.1, -0.05) is 6.07 Å². The van der Waals surface area contributed by atoms with Gasteiger partial charge >= 0.3 is 5.97 Å². The Morgan fingerprint density at radius 1 is 1.40 bits per heavy atom. The number of ether oxygens (including phenoxy) is 1. The maximum atomic E-state index is 10.7. The molecule has 1 saturated heterocycles. The maximum absolute atomic E-state index is 10.7. The molecular weight excluding hydrogens is 196 g/mol. The Bertz CT molecular complexity index is 361. The smallest absolute Gasteiger partial charge is 0.354 e. The molecule has 0 radical (unpaired) electrons. The first-order valence-electron chi connectivity index (χ1n) is 4.80. The molecule has 1 aliphatic heterocycles. The molecule has 0 bridgehead atoms. The molecule has 1 aromatic rings. The van der Waals surface area contributed by atoms with Gasteiger partial charge in [-0.3, -0.25) is 0 Å². The van der Waals surface area contributed by atoms with Crippen LogP contribution in [0.2, 0.25) is 0 Å². The number of hydrogen-bond acceptors (Lipinski definition) is 4. The number of carboxylic acids is 1. The van der Waals surface area contributed by atoms with Gasteiger partial charge in [-0.05, 0) is 12.1 Å². The van der Waals surface area contributed by atoms with Crippen molar-refractivity contribution in [2.45, 2.75) is 0 Å². The highest BCUT2D eigenvalue weighted by atomic mass is 16.5. The standard InChI is InChI=1S/C10H12N2O3/c13-10(14)8-2-1-3-9(11-8)12-4-6-15-7-5-12/h1-3H,4-7H2,(H,13,14). The molecule has 0 spiro atoms. The molecule has 0 atom stereocenters. The van der Waals surface area contributed by atoms with Gasteiger partial charge in [0, 0.05) is 13.1 Å². The molecule has 15 heavy (non-hydrogen) atoms. The van der Waals surface area contributed by atoms with Crippen molar-refractivity contribution >= 4 is 11.8 Å². The van der Waals surface area contributed by atoms with E-state index in [-0.39, 0.29) is 5.69 Å². The van der Waals surface area contributed by atoms with Crippen LogP contribution in [-0.2, 0) is 4.74 Å². The van der Waals surface area contributed by atoms with Crippen LogP contribution in [0.3, 0.4) is 0 Å². The number of nitrogens with zero attached hydrogens (tertiary/aromatic N) is 2. The van der Waals surface area contributed by atoms with Crippen molar-refractivity contribution in [2.75, 3.05) is 31.2 Å². The summed E-state index contributed by atoms with van der Waals surface area (Å²) in [6.07, 6.45) is 0. The van der Waals surface area contributed by atoms with Crippen LogP contribution in [0.15, 0.2) is 18.2 Å². The summed E-state index contributed by atoms with van der Waals surface area (Å²) >= 11 is 0. The van der Waals surface area contributed by atoms with E-state index in [1.807, 2.05) is 11.0 Å². The Balaban J connectivity index is 2.19. The lowest BCUT2D eigenvalue weighted by molar-refractivity contribution is 0.0690. The fraction of sp³-hybridized carbons (Fsp3) is 0.400. The van der Waals surface area contributed by atoms with E-state index in [1.54, 1.807) is 6.07 Å². The highest BCUT2D eigenvalue weighted by Crippen LogP contribution is 2.12. The van der Waals surface area contributed by atoms with Crippen molar-refractivity contribution in [3.8, 4) is 0 Å². The number of morpholine rings is 1. The molecule has 0 unspecified atom stereocenters. The summed E-state index contributed by atoms with van der Waals surface area (Å²) in [7, 11) is 0. The number of carbonyl (C=O) groups is 1. The average molecular weight is 208 g/mol. The van der Waals surface area contributed by atoms with Gasteiger partial charge in [-0.25, -0.2) is 9.78 Å². The second-order valence-corrected chi connectivity index (χ2v) is 3.29. The number of pyridine rings is 1. The minimum absolute atomic E-state index is 0.0824. The predicted molar refractivity (Wildman–Crippen MR) is 54.2 cm³/mol. The molecule has 5 nitrogen and oxygen atoms in total. The average Bonchev–Trinajstić information content (AvgIpc) is 2.30. The van der Waals surface area contributed by atoms with Crippen LogP contribution < -0.4 is 4.90 Å². The Morgan fingerprint density at radius 3 is 2.80 bits per heavy atom. The van der Waals surface area contributed by atoms with Gasteiger partial charge < -0.3 is 14.7 Å². The normalized spacial score (nSPS) is 16.4. The van der Waals surface area contributed by atoms with Crippen LogP contribution in [-0.4, -0.2) is 42.4 Å². The lowest BCUT2D eigenvalue weighted by Gasteiger charge is -2.27. The van der Waals surface area contributed by atoms with Crippen LogP contribution in [0.25, 0.3) is 0 Å². The zero-order valence-corrected chi connectivity index (χ0v) is 8.22. The Hall–Kier alpha value is -1.62. The minimum Gasteiger partial charge on any atom is -0.477 e. The monoisotopic (exact) mass is 208 g/mol. The van der Waals surface area contributed by atoms with Crippen molar-refractivity contribution in [1.82, 2.24) is 4.98 Å². The lowest BCUT2D eigenvalue weighted by atomic mass is 10.3. The van der Waals surface area contributed by atoms with Gasteiger partial charge in [0.15, 0.2) is 5.69 Å². The van der Waals surface area contributed by atoms with Crippen molar-refractivity contribution in [3.63, 3.8) is 0 Å². The van der Waals surface area contributed by atoms with Gasteiger partial charge in [0.05, 0.1) is 13.2 Å². The van der Waals surface area contributed by atoms with Crippen LogP contribution in [0.1, 0.15) is 10.5 Å². The number of carboxylic acid groups (broad SMARTS) is 1. The maximum Gasteiger partial charge on any atom is 0.354 e. The van der Waals surface area contributed by atoms with Gasteiger partial charge in [0.25, 0.3) is 0 Å². The number of hydrogen-bond donors (Lipinski definition) is 1. The fourth-order valence-corrected chi connectivity index (χ4v) is 1.51. The van der Waals surface area contributed by atoms with E-state index >= 15 is 0 Å². The van der Waals surface area contributed by atoms with Crippen LogP contribution >= 0.6 is 0 Å². The molecule has 5 heteroatoms. The van der Waals surface area contributed by atoms with Crippen LogP contribution in [0.5, 0.6) is 0 Å². The number of anilines is 1. The van der Waals surface area contributed by atoms with Crippen LogP contribution in [0, 0.1) is 0 Å². The SMILES string of the molecule is O=C(O)c1cccc(N2CCOCC2)n1. The highest BCUT2D eigenvalue weighted by Gasteiger charge is 2.13. The van der Waals surface area contributed by atoms with Gasteiger partial charge in [0.1, 0.15) is 5.82 Å². The fourth-order valence-electron chi connectivity index (χ4n) is 1.51. The molecule has 0 amide bonds. The van der Waals surface area contributed by atoms with Gasteiger partial charge in [0.2, 0.25) is 0 Å². The molecule has 1 aromatic heterocycles. The summed E-state index contributed by atoms with van der Waals surface area (Å²) in [5.41, 5.74) is 0.0824. The molecule has 1 aliphatic rings. The number of aromatic nitrogens is 1. The zero-order valence-electron chi connectivity index (χ0n) is 8.22. The van der Waals surface area contributed by atoms with E-state index in [1.165, 1.54) is 6.07 Å². The third-order valence-electron chi connectivity index (χ3n) is 2.29. The van der Waals surface area contributed by atoms with E-state index in [0.717, 1.165) is 13.1 Å². The molecule has 0 saturated carbocycles. The molecule has 80 valence electrons.